The highest BCUT2D eigenvalue weighted by atomic mass is 19.3. The van der Waals surface area contributed by atoms with Gasteiger partial charge in [-0.3, -0.25) is 0 Å². The summed E-state index contributed by atoms with van der Waals surface area (Å²) in [6, 6.07) is 9.90. The molecule has 0 atom stereocenters. The van der Waals surface area contributed by atoms with E-state index in [0.29, 0.717) is 5.56 Å². The highest BCUT2D eigenvalue weighted by Gasteiger charge is 2.26. The molecule has 2 aromatic carbocycles. The minimum absolute atomic E-state index is 0.0423. The van der Waals surface area contributed by atoms with E-state index < -0.39 is 18.4 Å². The van der Waals surface area contributed by atoms with Crippen LogP contribution in [0.25, 0.3) is 6.08 Å². The molecule has 0 spiro atoms. The summed E-state index contributed by atoms with van der Waals surface area (Å²) < 4.78 is 53.1. The number of nitrogens with zero attached hydrogens (tertiary/aromatic N) is 1. The molecule has 1 heterocycles. The Hall–Kier alpha value is -3.29. The smallest absolute Gasteiger partial charge is 0.387 e. The summed E-state index contributed by atoms with van der Waals surface area (Å²) in [4.78, 5) is 15.9. The molecule has 0 N–H and O–H groups in total. The second-order valence-corrected chi connectivity index (χ2v) is 5.10. The lowest BCUT2D eigenvalue weighted by Gasteiger charge is -2.10. The van der Waals surface area contributed by atoms with Gasteiger partial charge in [-0.2, -0.15) is 8.78 Å². The first kappa shape index (κ1) is 17.5. The van der Waals surface area contributed by atoms with E-state index in [2.05, 4.69) is 9.73 Å². The molecular formula is C18H12F3NO4. The Morgan fingerprint density at radius 1 is 1.15 bits per heavy atom. The van der Waals surface area contributed by atoms with Crippen LogP contribution in [0.3, 0.4) is 0 Å². The number of benzene rings is 2. The Balaban J connectivity index is 1.94. The molecule has 0 fully saturated rings. The van der Waals surface area contributed by atoms with Crippen molar-refractivity contribution >= 4 is 17.9 Å². The predicted octanol–water partition coefficient (Wildman–Crippen LogP) is 3.78. The first-order valence-corrected chi connectivity index (χ1v) is 7.38. The van der Waals surface area contributed by atoms with E-state index in [0.717, 1.165) is 0 Å². The van der Waals surface area contributed by atoms with Crippen molar-refractivity contribution in [2.24, 2.45) is 4.99 Å². The van der Waals surface area contributed by atoms with Gasteiger partial charge in [-0.1, -0.05) is 18.2 Å². The lowest BCUT2D eigenvalue weighted by Crippen LogP contribution is -2.07. The van der Waals surface area contributed by atoms with Gasteiger partial charge in [0.15, 0.2) is 17.2 Å². The van der Waals surface area contributed by atoms with Gasteiger partial charge in [0.05, 0.1) is 12.7 Å². The second-order valence-electron chi connectivity index (χ2n) is 5.10. The van der Waals surface area contributed by atoms with Crippen molar-refractivity contribution in [3.05, 3.63) is 65.1 Å². The van der Waals surface area contributed by atoms with E-state index in [1.54, 1.807) is 6.07 Å². The molecule has 0 unspecified atom stereocenters. The summed E-state index contributed by atoms with van der Waals surface area (Å²) in [5, 5.41) is 0. The standard InChI is InChI=1S/C18H12F3NO4/c1-24-14-7-6-10(9-15(14)25-18(20)21)8-13-17(23)26-16(22-13)11-4-2-3-5-12(11)19/h2-9,18H,1H3/b13-8-. The van der Waals surface area contributed by atoms with Gasteiger partial charge >= 0.3 is 12.6 Å². The van der Waals surface area contributed by atoms with Gasteiger partial charge in [0, 0.05) is 0 Å². The number of hydrogen-bond acceptors (Lipinski definition) is 5. The van der Waals surface area contributed by atoms with Crippen LogP contribution in [0.15, 0.2) is 53.2 Å². The monoisotopic (exact) mass is 363 g/mol. The van der Waals surface area contributed by atoms with Crippen molar-refractivity contribution in [3.63, 3.8) is 0 Å². The minimum atomic E-state index is -3.03. The second kappa shape index (κ2) is 7.30. The fourth-order valence-corrected chi connectivity index (χ4v) is 2.29. The third-order valence-corrected chi connectivity index (χ3v) is 3.43. The number of methoxy groups -OCH3 is 1. The van der Waals surface area contributed by atoms with E-state index in [9.17, 15) is 18.0 Å². The van der Waals surface area contributed by atoms with E-state index in [1.165, 1.54) is 49.6 Å². The highest BCUT2D eigenvalue weighted by Crippen LogP contribution is 2.31. The number of carbonyl (C=O) groups is 1. The van der Waals surface area contributed by atoms with Crippen LogP contribution in [0.5, 0.6) is 11.5 Å². The van der Waals surface area contributed by atoms with Gasteiger partial charge in [0.2, 0.25) is 5.90 Å². The maximum atomic E-state index is 13.8. The SMILES string of the molecule is COc1ccc(/C=C2\N=C(c3ccccc3F)OC2=O)cc1OC(F)F. The summed E-state index contributed by atoms with van der Waals surface area (Å²) in [6.07, 6.45) is 1.31. The lowest BCUT2D eigenvalue weighted by atomic mass is 10.1. The van der Waals surface area contributed by atoms with Crippen LogP contribution in [0, 0.1) is 5.82 Å². The molecule has 0 aliphatic carbocycles. The molecule has 1 aliphatic heterocycles. The fraction of sp³-hybridized carbons (Fsp3) is 0.111. The number of carbonyl (C=O) groups excluding carboxylic acids is 1. The molecule has 2 aromatic rings. The van der Waals surface area contributed by atoms with E-state index in [4.69, 9.17) is 9.47 Å². The van der Waals surface area contributed by atoms with Crippen molar-refractivity contribution in [1.82, 2.24) is 0 Å². The quantitative estimate of drug-likeness (QED) is 0.599. The summed E-state index contributed by atoms with van der Waals surface area (Å²) in [5.74, 6) is -1.62. The number of rotatable bonds is 5. The molecule has 8 heteroatoms. The van der Waals surface area contributed by atoms with Crippen LogP contribution >= 0.6 is 0 Å². The minimum Gasteiger partial charge on any atom is -0.493 e. The number of ether oxygens (including phenoxy) is 3. The van der Waals surface area contributed by atoms with Crippen molar-refractivity contribution < 1.29 is 32.2 Å². The van der Waals surface area contributed by atoms with Crippen LogP contribution in [0.1, 0.15) is 11.1 Å². The molecule has 0 saturated carbocycles. The van der Waals surface area contributed by atoms with Crippen LogP contribution in [0.4, 0.5) is 13.2 Å². The van der Waals surface area contributed by atoms with Crippen molar-refractivity contribution in [2.75, 3.05) is 7.11 Å². The number of aliphatic imine (C=N–C) groups is 1. The Bertz CT molecular complexity index is 909. The first-order chi connectivity index (χ1) is 12.5. The zero-order chi connectivity index (χ0) is 18.7. The van der Waals surface area contributed by atoms with Gasteiger partial charge in [-0.25, -0.2) is 14.2 Å². The van der Waals surface area contributed by atoms with Gasteiger partial charge in [0.1, 0.15) is 5.82 Å². The normalized spacial score (nSPS) is 15.2. The maximum absolute atomic E-state index is 13.8. The predicted molar refractivity (Wildman–Crippen MR) is 86.6 cm³/mol. The molecule has 5 nitrogen and oxygen atoms in total. The Morgan fingerprint density at radius 2 is 1.92 bits per heavy atom. The first-order valence-electron chi connectivity index (χ1n) is 7.38. The highest BCUT2D eigenvalue weighted by molar-refractivity contribution is 6.12. The average Bonchev–Trinajstić information content (AvgIpc) is 2.95. The molecule has 0 amide bonds. The zero-order valence-corrected chi connectivity index (χ0v) is 13.4. The van der Waals surface area contributed by atoms with E-state index in [1.807, 2.05) is 0 Å². The average molecular weight is 363 g/mol. The Morgan fingerprint density at radius 3 is 2.62 bits per heavy atom. The van der Waals surface area contributed by atoms with Gasteiger partial charge in [-0.15, -0.1) is 0 Å². The molecule has 134 valence electrons. The van der Waals surface area contributed by atoms with Crippen molar-refractivity contribution in [3.8, 4) is 11.5 Å². The molecule has 0 bridgehead atoms. The molecule has 3 rings (SSSR count). The Kier molecular flexibility index (Phi) is 4.92. The van der Waals surface area contributed by atoms with E-state index in [-0.39, 0.29) is 28.7 Å². The van der Waals surface area contributed by atoms with Crippen molar-refractivity contribution in [2.45, 2.75) is 6.61 Å². The summed E-state index contributed by atoms with van der Waals surface area (Å²) in [7, 11) is 1.31. The molecule has 1 aliphatic rings. The van der Waals surface area contributed by atoms with Crippen molar-refractivity contribution in [1.29, 1.82) is 0 Å². The zero-order valence-electron chi connectivity index (χ0n) is 13.4. The van der Waals surface area contributed by atoms with E-state index >= 15 is 0 Å². The Labute approximate surface area is 146 Å². The third kappa shape index (κ3) is 3.69. The molecule has 0 radical (unpaired) electrons. The van der Waals surface area contributed by atoms with Gasteiger partial charge < -0.3 is 14.2 Å². The van der Waals surface area contributed by atoms with Crippen LogP contribution in [-0.4, -0.2) is 25.6 Å². The number of esters is 1. The molecule has 26 heavy (non-hydrogen) atoms. The molecule has 0 aromatic heterocycles. The number of halogens is 3. The fourth-order valence-electron chi connectivity index (χ4n) is 2.29. The third-order valence-electron chi connectivity index (χ3n) is 3.43. The van der Waals surface area contributed by atoms with Crippen LogP contribution in [0.2, 0.25) is 0 Å². The lowest BCUT2D eigenvalue weighted by molar-refractivity contribution is -0.129. The molecular weight excluding hydrogens is 351 g/mol. The van der Waals surface area contributed by atoms with Crippen LogP contribution < -0.4 is 9.47 Å². The maximum Gasteiger partial charge on any atom is 0.387 e. The molecule has 0 saturated heterocycles. The summed E-state index contributed by atoms with van der Waals surface area (Å²) >= 11 is 0. The van der Waals surface area contributed by atoms with Gasteiger partial charge in [0.25, 0.3) is 0 Å². The number of cyclic esters (lactones) is 1. The van der Waals surface area contributed by atoms with Gasteiger partial charge in [-0.05, 0) is 35.9 Å². The largest absolute Gasteiger partial charge is 0.493 e. The summed E-state index contributed by atoms with van der Waals surface area (Å²) in [5.41, 5.74) is 0.295. The summed E-state index contributed by atoms with van der Waals surface area (Å²) in [6.45, 7) is -3.03. The topological polar surface area (TPSA) is 57.1 Å². The number of alkyl halides is 2. The van der Waals surface area contributed by atoms with Crippen LogP contribution in [-0.2, 0) is 9.53 Å². The number of hydrogen-bond donors (Lipinski definition) is 0.